The second-order valence-electron chi connectivity index (χ2n) is 5.71. The first kappa shape index (κ1) is 19.5. The highest BCUT2D eigenvalue weighted by atomic mass is 32.1. The predicted molar refractivity (Wildman–Crippen MR) is 98.4 cm³/mol. The molecule has 2 aromatic carbocycles. The highest BCUT2D eigenvalue weighted by molar-refractivity contribution is 7.15. The molecule has 6 nitrogen and oxygen atoms in total. The smallest absolute Gasteiger partial charge is 0.322 e. The van der Waals surface area contributed by atoms with E-state index >= 15 is 0 Å². The normalized spacial score (nSPS) is 11.1. The predicted octanol–water partition coefficient (Wildman–Crippen LogP) is 4.37. The van der Waals surface area contributed by atoms with Crippen LogP contribution in [0.25, 0.3) is 0 Å². The summed E-state index contributed by atoms with van der Waals surface area (Å²) in [6.07, 6.45) is -4.63. The monoisotopic (exact) mass is 406 g/mol. The number of aromatic nitrogens is 2. The van der Waals surface area contributed by atoms with Gasteiger partial charge in [0.05, 0.1) is 0 Å². The Morgan fingerprint density at radius 1 is 0.929 bits per heavy atom. The molecule has 0 aliphatic heterocycles. The number of benzene rings is 2. The number of hydrogen-bond donors (Lipinski definition) is 2. The van der Waals surface area contributed by atoms with Gasteiger partial charge in [-0.15, -0.1) is 10.2 Å². The molecule has 2 N–H and O–H groups in total. The van der Waals surface area contributed by atoms with E-state index in [1.807, 2.05) is 0 Å². The summed E-state index contributed by atoms with van der Waals surface area (Å²) < 4.78 is 37.7. The molecule has 10 heteroatoms. The number of alkyl halides is 3. The lowest BCUT2D eigenvalue weighted by atomic mass is 10.1. The molecule has 2 amide bonds. The minimum Gasteiger partial charge on any atom is -0.322 e. The summed E-state index contributed by atoms with van der Waals surface area (Å²) >= 11 is 0.229. The molecule has 3 aromatic rings. The lowest BCUT2D eigenvalue weighted by Gasteiger charge is -2.10. The van der Waals surface area contributed by atoms with E-state index in [-0.39, 0.29) is 27.9 Å². The van der Waals surface area contributed by atoms with E-state index in [0.29, 0.717) is 11.3 Å². The maximum Gasteiger partial charge on any atom is 0.445 e. The number of halogens is 3. The van der Waals surface area contributed by atoms with Gasteiger partial charge in [-0.1, -0.05) is 35.6 Å². The molecule has 144 valence electrons. The van der Waals surface area contributed by atoms with E-state index in [2.05, 4.69) is 20.8 Å². The van der Waals surface area contributed by atoms with Gasteiger partial charge in [0.2, 0.25) is 10.1 Å². The summed E-state index contributed by atoms with van der Waals surface area (Å²) in [6, 6.07) is 13.1. The fourth-order valence-corrected chi connectivity index (χ4v) is 2.85. The summed E-state index contributed by atoms with van der Waals surface area (Å²) in [7, 11) is 0. The first-order valence-corrected chi connectivity index (χ1v) is 8.75. The molecule has 0 aliphatic carbocycles. The van der Waals surface area contributed by atoms with Crippen molar-refractivity contribution < 1.29 is 22.8 Å². The zero-order chi connectivity index (χ0) is 20.3. The van der Waals surface area contributed by atoms with Crippen molar-refractivity contribution in [3.8, 4) is 0 Å². The lowest BCUT2D eigenvalue weighted by Crippen LogP contribution is -2.15. The van der Waals surface area contributed by atoms with Crippen LogP contribution in [0.2, 0.25) is 0 Å². The average Bonchev–Trinajstić information content (AvgIpc) is 3.13. The van der Waals surface area contributed by atoms with Gasteiger partial charge in [-0.2, -0.15) is 13.2 Å². The number of aryl methyl sites for hydroxylation is 1. The third-order valence-corrected chi connectivity index (χ3v) is 4.56. The maximum atomic E-state index is 12.6. The van der Waals surface area contributed by atoms with Crippen molar-refractivity contribution in [1.82, 2.24) is 10.2 Å². The molecule has 28 heavy (non-hydrogen) atoms. The third-order valence-electron chi connectivity index (χ3n) is 3.67. The van der Waals surface area contributed by atoms with Crippen LogP contribution < -0.4 is 10.6 Å². The molecular weight excluding hydrogens is 393 g/mol. The lowest BCUT2D eigenvalue weighted by molar-refractivity contribution is -0.138. The Balaban J connectivity index is 1.76. The molecule has 1 heterocycles. The molecule has 0 atom stereocenters. The Hall–Kier alpha value is -3.27. The standard InChI is InChI=1S/C18H13F3N4O2S/c1-10-7-8-12(9-13(10)22-14(26)11-5-3-2-4-6-11)15(27)23-17-25-24-16(28-17)18(19,20)21/h2-9H,1H3,(H,22,26)(H,23,25,27). The summed E-state index contributed by atoms with van der Waals surface area (Å²) in [5, 5.41) is 9.90. The van der Waals surface area contributed by atoms with Crippen LogP contribution in [0.15, 0.2) is 48.5 Å². The van der Waals surface area contributed by atoms with Crippen molar-refractivity contribution in [3.05, 3.63) is 70.2 Å². The minimum absolute atomic E-state index is 0.151. The molecule has 0 fully saturated rings. The SMILES string of the molecule is Cc1ccc(C(=O)Nc2nnc(C(F)(F)F)s2)cc1NC(=O)c1ccccc1. The van der Waals surface area contributed by atoms with E-state index in [4.69, 9.17) is 0 Å². The van der Waals surface area contributed by atoms with Crippen LogP contribution in [0.5, 0.6) is 0 Å². The van der Waals surface area contributed by atoms with Crippen molar-refractivity contribution in [3.63, 3.8) is 0 Å². The molecule has 0 aliphatic rings. The van der Waals surface area contributed by atoms with Crippen molar-refractivity contribution in [2.24, 2.45) is 0 Å². The highest BCUT2D eigenvalue weighted by Crippen LogP contribution is 2.33. The summed E-state index contributed by atoms with van der Waals surface area (Å²) in [4.78, 5) is 24.6. The molecule has 0 bridgehead atoms. The molecule has 0 radical (unpaired) electrons. The number of carbonyl (C=O) groups excluding carboxylic acids is 2. The van der Waals surface area contributed by atoms with Crippen molar-refractivity contribution >= 4 is 34.0 Å². The fraction of sp³-hybridized carbons (Fsp3) is 0.111. The molecular formula is C18H13F3N4O2S. The summed E-state index contributed by atoms with van der Waals surface area (Å²) in [5.41, 5.74) is 1.73. The number of anilines is 2. The Kier molecular flexibility index (Phi) is 5.41. The highest BCUT2D eigenvalue weighted by Gasteiger charge is 2.35. The van der Waals surface area contributed by atoms with E-state index in [1.165, 1.54) is 12.1 Å². The summed E-state index contributed by atoms with van der Waals surface area (Å²) in [6.45, 7) is 1.75. The molecule has 0 unspecified atom stereocenters. The quantitative estimate of drug-likeness (QED) is 0.674. The Labute approximate surface area is 161 Å². The van der Waals surface area contributed by atoms with Crippen LogP contribution in [0.3, 0.4) is 0 Å². The zero-order valence-electron chi connectivity index (χ0n) is 14.4. The zero-order valence-corrected chi connectivity index (χ0v) is 15.2. The molecule has 1 aromatic heterocycles. The maximum absolute atomic E-state index is 12.6. The number of hydrogen-bond acceptors (Lipinski definition) is 5. The first-order chi connectivity index (χ1) is 13.2. The fourth-order valence-electron chi connectivity index (χ4n) is 2.24. The third kappa shape index (κ3) is 4.52. The van der Waals surface area contributed by atoms with Gasteiger partial charge in [0.1, 0.15) is 0 Å². The molecule has 0 saturated heterocycles. The number of nitrogens with zero attached hydrogens (tertiary/aromatic N) is 2. The Bertz CT molecular complexity index is 1020. The minimum atomic E-state index is -4.63. The van der Waals surface area contributed by atoms with Crippen molar-refractivity contribution in [1.29, 1.82) is 0 Å². The van der Waals surface area contributed by atoms with Crippen LogP contribution in [0, 0.1) is 6.92 Å². The average molecular weight is 406 g/mol. The van der Waals surface area contributed by atoms with Gasteiger partial charge in [0.15, 0.2) is 0 Å². The van der Waals surface area contributed by atoms with Crippen LogP contribution in [0.1, 0.15) is 31.3 Å². The van der Waals surface area contributed by atoms with Gasteiger partial charge < -0.3 is 5.32 Å². The molecule has 0 saturated carbocycles. The van der Waals surface area contributed by atoms with E-state index in [1.54, 1.807) is 43.3 Å². The second kappa shape index (κ2) is 7.77. The Morgan fingerprint density at radius 2 is 1.61 bits per heavy atom. The van der Waals surface area contributed by atoms with Gasteiger partial charge in [-0.25, -0.2) is 0 Å². The van der Waals surface area contributed by atoms with E-state index in [0.717, 1.165) is 5.56 Å². The number of amides is 2. The van der Waals surface area contributed by atoms with Crippen LogP contribution in [0.4, 0.5) is 24.0 Å². The van der Waals surface area contributed by atoms with Gasteiger partial charge in [0.25, 0.3) is 11.8 Å². The summed E-state index contributed by atoms with van der Waals surface area (Å²) in [5.74, 6) is -1.01. The van der Waals surface area contributed by atoms with Crippen LogP contribution in [-0.2, 0) is 6.18 Å². The van der Waals surface area contributed by atoms with E-state index < -0.39 is 17.1 Å². The van der Waals surface area contributed by atoms with Crippen LogP contribution in [-0.4, -0.2) is 22.0 Å². The first-order valence-electron chi connectivity index (χ1n) is 7.93. The topological polar surface area (TPSA) is 84.0 Å². The van der Waals surface area contributed by atoms with Crippen LogP contribution >= 0.6 is 11.3 Å². The second-order valence-corrected chi connectivity index (χ2v) is 6.69. The van der Waals surface area contributed by atoms with Crippen molar-refractivity contribution in [2.45, 2.75) is 13.1 Å². The number of carbonyl (C=O) groups is 2. The Morgan fingerprint density at radius 3 is 2.25 bits per heavy atom. The number of rotatable bonds is 4. The molecule has 3 rings (SSSR count). The van der Waals surface area contributed by atoms with Crippen molar-refractivity contribution in [2.75, 3.05) is 10.6 Å². The van der Waals surface area contributed by atoms with Gasteiger partial charge in [-0.05, 0) is 36.8 Å². The van der Waals surface area contributed by atoms with Gasteiger partial charge >= 0.3 is 6.18 Å². The molecule has 0 spiro atoms. The van der Waals surface area contributed by atoms with E-state index in [9.17, 15) is 22.8 Å². The van der Waals surface area contributed by atoms with Gasteiger partial charge in [-0.3, -0.25) is 14.9 Å². The number of nitrogens with one attached hydrogen (secondary N) is 2. The van der Waals surface area contributed by atoms with Gasteiger partial charge in [0, 0.05) is 16.8 Å². The largest absolute Gasteiger partial charge is 0.445 e.